The van der Waals surface area contributed by atoms with E-state index in [0.717, 1.165) is 5.56 Å². The number of carbonyl (C=O) groups excluding carboxylic acids is 1. The molecule has 6 nitrogen and oxygen atoms in total. The van der Waals surface area contributed by atoms with E-state index in [2.05, 4.69) is 5.32 Å². The Morgan fingerprint density at radius 3 is 2.27 bits per heavy atom. The van der Waals surface area contributed by atoms with Gasteiger partial charge in [0.25, 0.3) is 5.91 Å². The maximum absolute atomic E-state index is 12.6. The summed E-state index contributed by atoms with van der Waals surface area (Å²) < 4.78 is 22.6. The number of aliphatic hydroxyl groups excluding tert-OH is 1. The molecule has 1 atom stereocenters. The summed E-state index contributed by atoms with van der Waals surface area (Å²) in [6, 6.07) is 15.3. The topological polar surface area (TPSA) is 109 Å². The number of hydrogen-bond donors (Lipinski definition) is 3. The first-order valence-electron chi connectivity index (χ1n) is 8.48. The Labute approximate surface area is 153 Å². The van der Waals surface area contributed by atoms with Crippen molar-refractivity contribution in [2.45, 2.75) is 36.3 Å². The second kappa shape index (κ2) is 7.57. The van der Waals surface area contributed by atoms with Crippen LogP contribution < -0.4 is 10.5 Å². The van der Waals surface area contributed by atoms with Gasteiger partial charge in [0.05, 0.1) is 11.0 Å². The Bertz CT molecular complexity index is 860. The summed E-state index contributed by atoms with van der Waals surface area (Å²) in [6.07, 6.45) is 1.72. The van der Waals surface area contributed by atoms with E-state index in [4.69, 9.17) is 5.14 Å². The highest BCUT2D eigenvalue weighted by atomic mass is 32.2. The van der Waals surface area contributed by atoms with E-state index in [1.807, 2.05) is 30.3 Å². The molecule has 1 aliphatic rings. The number of hydrogen-bond acceptors (Lipinski definition) is 4. The molecule has 3 rings (SSSR count). The molecule has 1 amide bonds. The average Bonchev–Trinajstić information content (AvgIpc) is 2.59. The summed E-state index contributed by atoms with van der Waals surface area (Å²) in [6.45, 7) is 0. The van der Waals surface area contributed by atoms with Gasteiger partial charge in [0.2, 0.25) is 10.0 Å². The lowest BCUT2D eigenvalue weighted by molar-refractivity contribution is 0.0239. The average molecular weight is 374 g/mol. The van der Waals surface area contributed by atoms with E-state index in [9.17, 15) is 18.3 Å². The van der Waals surface area contributed by atoms with E-state index < -0.39 is 10.0 Å². The molecule has 0 heterocycles. The van der Waals surface area contributed by atoms with Gasteiger partial charge in [-0.2, -0.15) is 0 Å². The van der Waals surface area contributed by atoms with Crippen molar-refractivity contribution in [3.8, 4) is 0 Å². The van der Waals surface area contributed by atoms with Crippen molar-refractivity contribution < 1.29 is 18.3 Å². The molecule has 7 heteroatoms. The first-order chi connectivity index (χ1) is 12.3. The molecule has 0 radical (unpaired) electrons. The smallest absolute Gasteiger partial charge is 0.251 e. The summed E-state index contributed by atoms with van der Waals surface area (Å²) in [7, 11) is -3.78. The third kappa shape index (κ3) is 4.49. The van der Waals surface area contributed by atoms with Gasteiger partial charge < -0.3 is 10.4 Å². The molecule has 1 fully saturated rings. The number of sulfonamides is 1. The lowest BCUT2D eigenvalue weighted by atomic mass is 9.75. The molecule has 1 aliphatic carbocycles. The highest BCUT2D eigenvalue weighted by Crippen LogP contribution is 2.32. The molecule has 138 valence electrons. The lowest BCUT2D eigenvalue weighted by Crippen LogP contribution is -2.48. The molecule has 0 aliphatic heterocycles. The van der Waals surface area contributed by atoms with Gasteiger partial charge in [-0.15, -0.1) is 0 Å². The zero-order chi connectivity index (χ0) is 18.7. The summed E-state index contributed by atoms with van der Waals surface area (Å²) in [4.78, 5) is 12.5. The minimum absolute atomic E-state index is 0.0306. The molecule has 2 aromatic carbocycles. The van der Waals surface area contributed by atoms with E-state index in [0.29, 0.717) is 24.8 Å². The predicted octanol–water partition coefficient (Wildman–Crippen LogP) is 1.45. The first kappa shape index (κ1) is 18.6. The summed E-state index contributed by atoms with van der Waals surface area (Å²) >= 11 is 0. The highest BCUT2D eigenvalue weighted by Gasteiger charge is 2.34. The third-order valence-corrected chi connectivity index (χ3v) is 5.71. The lowest BCUT2D eigenvalue weighted by Gasteiger charge is -2.38. The van der Waals surface area contributed by atoms with Gasteiger partial charge in [-0.3, -0.25) is 4.79 Å². The van der Waals surface area contributed by atoms with E-state index in [1.165, 1.54) is 24.3 Å². The van der Waals surface area contributed by atoms with Crippen molar-refractivity contribution in [3.05, 3.63) is 65.7 Å². The van der Waals surface area contributed by atoms with Crippen LogP contribution in [0.4, 0.5) is 0 Å². The Hall–Kier alpha value is -2.22. The van der Waals surface area contributed by atoms with Gasteiger partial charge in [0.1, 0.15) is 0 Å². The van der Waals surface area contributed by atoms with Crippen molar-refractivity contribution >= 4 is 15.9 Å². The van der Waals surface area contributed by atoms with Gasteiger partial charge in [0.15, 0.2) is 0 Å². The Morgan fingerprint density at radius 2 is 1.73 bits per heavy atom. The second-order valence-corrected chi connectivity index (χ2v) is 8.29. The zero-order valence-corrected chi connectivity index (χ0v) is 15.0. The minimum atomic E-state index is -3.78. The van der Waals surface area contributed by atoms with Crippen molar-refractivity contribution in [1.82, 2.24) is 5.32 Å². The maximum atomic E-state index is 12.6. The fourth-order valence-corrected chi connectivity index (χ4v) is 3.73. The van der Waals surface area contributed by atoms with Crippen LogP contribution in [-0.4, -0.2) is 31.6 Å². The molecule has 0 bridgehead atoms. The molecule has 0 aromatic heterocycles. The fraction of sp³-hybridized carbons (Fsp3) is 0.316. The number of rotatable bonds is 6. The van der Waals surface area contributed by atoms with E-state index in [-0.39, 0.29) is 28.9 Å². The van der Waals surface area contributed by atoms with E-state index in [1.54, 1.807) is 0 Å². The first-order valence-corrected chi connectivity index (χ1v) is 10.0. The molecule has 0 spiro atoms. The summed E-state index contributed by atoms with van der Waals surface area (Å²) in [5.41, 5.74) is 1.49. The van der Waals surface area contributed by atoms with E-state index >= 15 is 0 Å². The van der Waals surface area contributed by atoms with Crippen LogP contribution in [0.15, 0.2) is 59.5 Å². The summed E-state index contributed by atoms with van der Waals surface area (Å²) in [5, 5.41) is 17.7. The van der Waals surface area contributed by atoms with Crippen LogP contribution in [0.1, 0.15) is 28.8 Å². The number of nitrogens with two attached hydrogens (primary N) is 1. The van der Waals surface area contributed by atoms with Crippen LogP contribution in [0.25, 0.3) is 0 Å². The molecule has 26 heavy (non-hydrogen) atoms. The van der Waals surface area contributed by atoms with Gasteiger partial charge in [-0.25, -0.2) is 13.6 Å². The van der Waals surface area contributed by atoms with Crippen LogP contribution in [0.5, 0.6) is 0 Å². The molecule has 2 aromatic rings. The normalized spacial score (nSPS) is 20.8. The molecule has 0 saturated heterocycles. The van der Waals surface area contributed by atoms with Crippen LogP contribution in [0, 0.1) is 5.92 Å². The van der Waals surface area contributed by atoms with Gasteiger partial charge in [-0.1, -0.05) is 30.3 Å². The van der Waals surface area contributed by atoms with Crippen LogP contribution >= 0.6 is 0 Å². The predicted molar refractivity (Wildman–Crippen MR) is 97.9 cm³/mol. The third-order valence-electron chi connectivity index (χ3n) is 4.78. The van der Waals surface area contributed by atoms with Crippen molar-refractivity contribution in [1.29, 1.82) is 0 Å². The molecule has 0 unspecified atom stereocenters. The maximum Gasteiger partial charge on any atom is 0.251 e. The Kier molecular flexibility index (Phi) is 5.41. The zero-order valence-electron chi connectivity index (χ0n) is 14.2. The van der Waals surface area contributed by atoms with Crippen molar-refractivity contribution in [2.24, 2.45) is 11.1 Å². The van der Waals surface area contributed by atoms with Crippen LogP contribution in [0.3, 0.4) is 0 Å². The number of amides is 1. The quantitative estimate of drug-likeness (QED) is 0.711. The number of carbonyl (C=O) groups is 1. The highest BCUT2D eigenvalue weighted by molar-refractivity contribution is 7.89. The Balaban J connectivity index is 1.72. The second-order valence-electron chi connectivity index (χ2n) is 6.72. The molecular formula is C19H22N2O4S. The monoisotopic (exact) mass is 374 g/mol. The molecule has 4 N–H and O–H groups in total. The van der Waals surface area contributed by atoms with Crippen molar-refractivity contribution in [2.75, 3.05) is 0 Å². The summed E-state index contributed by atoms with van der Waals surface area (Å²) in [5.74, 6) is -0.0499. The van der Waals surface area contributed by atoms with Gasteiger partial charge >= 0.3 is 0 Å². The molecular weight excluding hydrogens is 352 g/mol. The Morgan fingerprint density at radius 1 is 1.12 bits per heavy atom. The minimum Gasteiger partial charge on any atom is -0.393 e. The van der Waals surface area contributed by atoms with Crippen LogP contribution in [-0.2, 0) is 16.4 Å². The number of benzene rings is 2. The van der Waals surface area contributed by atoms with Crippen LogP contribution in [0.2, 0.25) is 0 Å². The fourth-order valence-electron chi connectivity index (χ4n) is 3.21. The van der Waals surface area contributed by atoms with Gasteiger partial charge in [0, 0.05) is 11.6 Å². The number of primary sulfonamides is 1. The largest absolute Gasteiger partial charge is 0.393 e. The van der Waals surface area contributed by atoms with Crippen molar-refractivity contribution in [3.63, 3.8) is 0 Å². The number of nitrogens with one attached hydrogen (secondary N) is 1. The standard InChI is InChI=1S/C19H22N2O4S/c20-26(24,25)17-8-6-14(7-9-17)19(23)21-18(15-11-16(22)12-15)10-13-4-2-1-3-5-13/h1-9,15-16,18,22H,10-12H2,(H,21,23)(H2,20,24,25)/t15?,16?,18-/m0/s1. The molecule has 1 saturated carbocycles. The van der Waals surface area contributed by atoms with Gasteiger partial charge in [-0.05, 0) is 55.0 Å². The number of aliphatic hydroxyl groups is 1. The SMILES string of the molecule is NS(=O)(=O)c1ccc(C(=O)N[C@@H](Cc2ccccc2)C2CC(O)C2)cc1.